The van der Waals surface area contributed by atoms with Gasteiger partial charge in [-0.15, -0.1) is 0 Å². The second-order valence-electron chi connectivity index (χ2n) is 6.00. The highest BCUT2D eigenvalue weighted by molar-refractivity contribution is 5.77. The molecule has 0 aliphatic carbocycles. The minimum atomic E-state index is -0.482. The number of ether oxygens (including phenoxy) is 2. The molecule has 0 atom stereocenters. The SMILES string of the molecule is COc1ccncc1C1=CCCN(C(=O)OC(C)(C)C)C1. The van der Waals surface area contributed by atoms with Gasteiger partial charge in [0.2, 0.25) is 0 Å². The average Bonchev–Trinajstić information content (AvgIpc) is 2.45. The van der Waals surface area contributed by atoms with Gasteiger partial charge in [-0.1, -0.05) is 6.08 Å². The number of carbonyl (C=O) groups is 1. The minimum absolute atomic E-state index is 0.282. The van der Waals surface area contributed by atoms with Crippen LogP contribution in [-0.4, -0.2) is 41.8 Å². The first kappa shape index (κ1) is 15.4. The molecule has 0 radical (unpaired) electrons. The second kappa shape index (κ2) is 6.16. The molecule has 0 fully saturated rings. The van der Waals surface area contributed by atoms with E-state index in [0.29, 0.717) is 13.1 Å². The van der Waals surface area contributed by atoms with Crippen LogP contribution in [0.2, 0.25) is 0 Å². The highest BCUT2D eigenvalue weighted by Gasteiger charge is 2.25. The maximum absolute atomic E-state index is 12.2. The lowest BCUT2D eigenvalue weighted by molar-refractivity contribution is 0.0273. The van der Waals surface area contributed by atoms with Crippen LogP contribution in [0.3, 0.4) is 0 Å². The number of amides is 1. The highest BCUT2D eigenvalue weighted by Crippen LogP contribution is 2.28. The first-order valence-corrected chi connectivity index (χ1v) is 7.06. The molecule has 5 heteroatoms. The fourth-order valence-electron chi connectivity index (χ4n) is 2.22. The Balaban J connectivity index is 2.14. The highest BCUT2D eigenvalue weighted by atomic mass is 16.6. The summed E-state index contributed by atoms with van der Waals surface area (Å²) in [6.07, 6.45) is 6.10. The van der Waals surface area contributed by atoms with E-state index in [9.17, 15) is 4.79 Å². The molecule has 1 aromatic rings. The summed E-state index contributed by atoms with van der Waals surface area (Å²) < 4.78 is 10.8. The van der Waals surface area contributed by atoms with E-state index in [1.54, 1.807) is 24.4 Å². The van der Waals surface area contributed by atoms with Crippen LogP contribution < -0.4 is 4.74 Å². The van der Waals surface area contributed by atoms with Gasteiger partial charge in [-0.3, -0.25) is 4.98 Å². The number of rotatable bonds is 2. The Morgan fingerprint density at radius 3 is 2.81 bits per heavy atom. The molecular weight excluding hydrogens is 268 g/mol. The van der Waals surface area contributed by atoms with Crippen molar-refractivity contribution in [3.63, 3.8) is 0 Å². The van der Waals surface area contributed by atoms with Gasteiger partial charge in [0, 0.05) is 31.0 Å². The van der Waals surface area contributed by atoms with Crippen LogP contribution in [0.5, 0.6) is 5.75 Å². The predicted octanol–water partition coefficient (Wildman–Crippen LogP) is 3.11. The van der Waals surface area contributed by atoms with Crippen molar-refractivity contribution < 1.29 is 14.3 Å². The third-order valence-electron chi connectivity index (χ3n) is 3.15. The Kier molecular flexibility index (Phi) is 4.50. The first-order valence-electron chi connectivity index (χ1n) is 7.06. The number of nitrogens with zero attached hydrogens (tertiary/aromatic N) is 2. The van der Waals surface area contributed by atoms with Gasteiger partial charge in [0.1, 0.15) is 11.4 Å². The standard InChI is InChI=1S/C16H22N2O3/c1-16(2,3)21-15(19)18-9-5-6-12(11-18)13-10-17-8-7-14(13)20-4/h6-8,10H,5,9,11H2,1-4H3. The van der Waals surface area contributed by atoms with Gasteiger partial charge in [0.25, 0.3) is 0 Å². The minimum Gasteiger partial charge on any atom is -0.496 e. The zero-order chi connectivity index (χ0) is 15.5. The van der Waals surface area contributed by atoms with Crippen LogP contribution in [0.15, 0.2) is 24.5 Å². The molecule has 1 amide bonds. The monoisotopic (exact) mass is 290 g/mol. The van der Waals surface area contributed by atoms with E-state index in [1.165, 1.54) is 0 Å². The lowest BCUT2D eigenvalue weighted by Gasteiger charge is -2.30. The summed E-state index contributed by atoms with van der Waals surface area (Å²) in [6.45, 7) is 6.79. The van der Waals surface area contributed by atoms with Gasteiger partial charge in [-0.25, -0.2) is 4.79 Å². The molecule has 1 aliphatic heterocycles. The predicted molar refractivity (Wildman–Crippen MR) is 81.2 cm³/mol. The number of methoxy groups -OCH3 is 1. The van der Waals surface area contributed by atoms with Crippen molar-refractivity contribution in [2.24, 2.45) is 0 Å². The second-order valence-corrected chi connectivity index (χ2v) is 6.00. The van der Waals surface area contributed by atoms with Crippen LogP contribution in [0, 0.1) is 0 Å². The molecule has 0 N–H and O–H groups in total. The average molecular weight is 290 g/mol. The van der Waals surface area contributed by atoms with E-state index in [-0.39, 0.29) is 6.09 Å². The van der Waals surface area contributed by atoms with Gasteiger partial charge in [-0.05, 0) is 38.8 Å². The molecule has 0 bridgehead atoms. The summed E-state index contributed by atoms with van der Waals surface area (Å²) in [5.41, 5.74) is 1.48. The molecule has 0 aromatic carbocycles. The van der Waals surface area contributed by atoms with Crippen molar-refractivity contribution in [1.82, 2.24) is 9.88 Å². The van der Waals surface area contributed by atoms with E-state index in [1.807, 2.05) is 26.8 Å². The van der Waals surface area contributed by atoms with Crippen LogP contribution in [-0.2, 0) is 4.74 Å². The molecule has 0 saturated carbocycles. The smallest absolute Gasteiger partial charge is 0.410 e. The molecule has 0 saturated heterocycles. The topological polar surface area (TPSA) is 51.7 Å². The van der Waals surface area contributed by atoms with E-state index in [0.717, 1.165) is 23.3 Å². The van der Waals surface area contributed by atoms with Crippen LogP contribution in [0.4, 0.5) is 4.79 Å². The van der Waals surface area contributed by atoms with E-state index >= 15 is 0 Å². The molecule has 1 aromatic heterocycles. The van der Waals surface area contributed by atoms with Crippen molar-refractivity contribution in [3.05, 3.63) is 30.1 Å². The van der Waals surface area contributed by atoms with E-state index in [2.05, 4.69) is 11.1 Å². The van der Waals surface area contributed by atoms with Crippen molar-refractivity contribution in [1.29, 1.82) is 0 Å². The van der Waals surface area contributed by atoms with Crippen molar-refractivity contribution in [2.75, 3.05) is 20.2 Å². The zero-order valence-electron chi connectivity index (χ0n) is 13.0. The Bertz CT molecular complexity index is 547. The Morgan fingerprint density at radius 2 is 2.14 bits per heavy atom. The maximum atomic E-state index is 12.2. The van der Waals surface area contributed by atoms with E-state index < -0.39 is 5.60 Å². The fourth-order valence-corrected chi connectivity index (χ4v) is 2.22. The number of pyridine rings is 1. The first-order chi connectivity index (χ1) is 9.90. The molecule has 0 spiro atoms. The zero-order valence-corrected chi connectivity index (χ0v) is 13.0. The van der Waals surface area contributed by atoms with Crippen molar-refractivity contribution >= 4 is 11.7 Å². The van der Waals surface area contributed by atoms with Gasteiger partial charge in [0.05, 0.1) is 7.11 Å². The molecule has 0 unspecified atom stereocenters. The largest absolute Gasteiger partial charge is 0.496 e. The summed E-state index contributed by atoms with van der Waals surface area (Å²) >= 11 is 0. The Hall–Kier alpha value is -2.04. The van der Waals surface area contributed by atoms with Crippen LogP contribution >= 0.6 is 0 Å². The summed E-state index contributed by atoms with van der Waals surface area (Å²) in [5.74, 6) is 0.766. The molecule has 5 nitrogen and oxygen atoms in total. The molecule has 2 rings (SSSR count). The third kappa shape index (κ3) is 3.97. The maximum Gasteiger partial charge on any atom is 0.410 e. The van der Waals surface area contributed by atoms with Gasteiger partial charge < -0.3 is 14.4 Å². The number of hydrogen-bond acceptors (Lipinski definition) is 4. The van der Waals surface area contributed by atoms with E-state index in [4.69, 9.17) is 9.47 Å². The summed E-state index contributed by atoms with van der Waals surface area (Å²) in [7, 11) is 1.63. The molecule has 21 heavy (non-hydrogen) atoms. The van der Waals surface area contributed by atoms with Crippen LogP contribution in [0.25, 0.3) is 5.57 Å². The Labute approximate surface area is 125 Å². The summed E-state index contributed by atoms with van der Waals surface area (Å²) in [4.78, 5) is 18.0. The summed E-state index contributed by atoms with van der Waals surface area (Å²) in [5, 5.41) is 0. The van der Waals surface area contributed by atoms with Crippen LogP contribution in [0.1, 0.15) is 32.8 Å². The molecule has 114 valence electrons. The Morgan fingerprint density at radius 1 is 1.38 bits per heavy atom. The van der Waals surface area contributed by atoms with Gasteiger partial charge in [0.15, 0.2) is 0 Å². The number of carbonyl (C=O) groups excluding carboxylic acids is 1. The number of aromatic nitrogens is 1. The summed E-state index contributed by atoms with van der Waals surface area (Å²) in [6, 6.07) is 1.82. The molecular formula is C16H22N2O3. The van der Waals surface area contributed by atoms with Crippen molar-refractivity contribution in [3.8, 4) is 5.75 Å². The molecule has 1 aliphatic rings. The van der Waals surface area contributed by atoms with Crippen molar-refractivity contribution in [2.45, 2.75) is 32.8 Å². The lowest BCUT2D eigenvalue weighted by atomic mass is 10.0. The van der Waals surface area contributed by atoms with Gasteiger partial charge >= 0.3 is 6.09 Å². The van der Waals surface area contributed by atoms with Gasteiger partial charge in [-0.2, -0.15) is 0 Å². The normalized spacial score (nSPS) is 15.4. The third-order valence-corrected chi connectivity index (χ3v) is 3.15. The number of hydrogen-bond donors (Lipinski definition) is 0. The fraction of sp³-hybridized carbons (Fsp3) is 0.500. The molecule has 2 heterocycles. The quantitative estimate of drug-likeness (QED) is 0.839. The lowest BCUT2D eigenvalue weighted by Crippen LogP contribution is -2.39.